The van der Waals surface area contributed by atoms with E-state index in [0.29, 0.717) is 34.3 Å². The van der Waals surface area contributed by atoms with Crippen LogP contribution in [0.5, 0.6) is 0 Å². The molecule has 0 spiro atoms. The zero-order valence-electron chi connectivity index (χ0n) is 14.8. The van der Waals surface area contributed by atoms with E-state index in [-0.39, 0.29) is 11.8 Å². The first-order chi connectivity index (χ1) is 13.1. The number of ether oxygens (including phenoxy) is 1. The van der Waals surface area contributed by atoms with Crippen LogP contribution in [0.25, 0.3) is 6.08 Å². The standard InChI is InChI=1S/C20H19ClN2O3S/c1-26-10-4-9-22-19(24)14-7-8-17-16(11-14)23-20(25)18(27-17)12-13-5-2-3-6-15(13)21/h2-3,5-8,11-12H,4,9-10H2,1H3,(H,22,24)(H,23,25)/b18-12-. The van der Waals surface area contributed by atoms with E-state index >= 15 is 0 Å². The topological polar surface area (TPSA) is 67.4 Å². The number of thioether (sulfide) groups is 1. The second-order valence-electron chi connectivity index (χ2n) is 5.90. The lowest BCUT2D eigenvalue weighted by Gasteiger charge is -2.19. The van der Waals surface area contributed by atoms with Gasteiger partial charge in [0.15, 0.2) is 0 Å². The molecule has 0 aromatic heterocycles. The zero-order valence-corrected chi connectivity index (χ0v) is 16.3. The van der Waals surface area contributed by atoms with Gasteiger partial charge in [0.1, 0.15) is 0 Å². The van der Waals surface area contributed by atoms with Gasteiger partial charge in [-0.15, -0.1) is 0 Å². The maximum Gasteiger partial charge on any atom is 0.262 e. The van der Waals surface area contributed by atoms with Crippen molar-refractivity contribution in [2.24, 2.45) is 0 Å². The van der Waals surface area contributed by atoms with Crippen LogP contribution in [0.1, 0.15) is 22.3 Å². The van der Waals surface area contributed by atoms with Crippen LogP contribution in [-0.4, -0.2) is 32.1 Å². The Morgan fingerprint density at radius 1 is 1.30 bits per heavy atom. The highest BCUT2D eigenvalue weighted by Crippen LogP contribution is 2.39. The van der Waals surface area contributed by atoms with Gasteiger partial charge < -0.3 is 15.4 Å². The molecule has 0 saturated carbocycles. The van der Waals surface area contributed by atoms with E-state index in [9.17, 15) is 9.59 Å². The Bertz CT molecular complexity index is 899. The van der Waals surface area contributed by atoms with Gasteiger partial charge in [0.2, 0.25) is 0 Å². The smallest absolute Gasteiger partial charge is 0.262 e. The molecule has 0 fully saturated rings. The fraction of sp³-hybridized carbons (Fsp3) is 0.200. The summed E-state index contributed by atoms with van der Waals surface area (Å²) in [5, 5.41) is 6.27. The average molecular weight is 403 g/mol. The van der Waals surface area contributed by atoms with Crippen LogP contribution in [0, 0.1) is 0 Å². The fourth-order valence-corrected chi connectivity index (χ4v) is 3.67. The van der Waals surface area contributed by atoms with Gasteiger partial charge in [0.25, 0.3) is 11.8 Å². The van der Waals surface area contributed by atoms with Crippen LogP contribution in [0.3, 0.4) is 0 Å². The lowest BCUT2D eigenvalue weighted by Crippen LogP contribution is -2.25. The number of halogens is 1. The molecule has 0 radical (unpaired) electrons. The van der Waals surface area contributed by atoms with Crippen LogP contribution in [-0.2, 0) is 9.53 Å². The molecule has 3 rings (SSSR count). The minimum Gasteiger partial charge on any atom is -0.385 e. The summed E-state index contributed by atoms with van der Waals surface area (Å²) in [6, 6.07) is 12.6. The van der Waals surface area contributed by atoms with Crippen LogP contribution >= 0.6 is 23.4 Å². The predicted molar refractivity (Wildman–Crippen MR) is 109 cm³/mol. The van der Waals surface area contributed by atoms with Crippen LogP contribution in [0.15, 0.2) is 52.3 Å². The number of carbonyl (C=O) groups excluding carboxylic acids is 2. The zero-order chi connectivity index (χ0) is 19.2. The Hall–Kier alpha value is -2.28. The van der Waals surface area contributed by atoms with Crippen LogP contribution in [0.4, 0.5) is 5.69 Å². The third-order valence-electron chi connectivity index (χ3n) is 3.94. The Kier molecular flexibility index (Phi) is 6.55. The molecule has 2 amide bonds. The first kappa shape index (κ1) is 19.5. The van der Waals surface area contributed by atoms with Crippen molar-refractivity contribution in [2.75, 3.05) is 25.6 Å². The Morgan fingerprint density at radius 3 is 2.89 bits per heavy atom. The van der Waals surface area contributed by atoms with Crippen molar-refractivity contribution in [3.8, 4) is 0 Å². The number of methoxy groups -OCH3 is 1. The normalized spacial score (nSPS) is 14.6. The molecular formula is C20H19ClN2O3S. The van der Waals surface area contributed by atoms with Crippen LogP contribution < -0.4 is 10.6 Å². The molecule has 0 atom stereocenters. The molecule has 1 aliphatic heterocycles. The van der Waals surface area contributed by atoms with Gasteiger partial charge in [-0.2, -0.15) is 0 Å². The van der Waals surface area contributed by atoms with Crippen molar-refractivity contribution < 1.29 is 14.3 Å². The first-order valence-corrected chi connectivity index (χ1v) is 9.64. The largest absolute Gasteiger partial charge is 0.385 e. The fourth-order valence-electron chi connectivity index (χ4n) is 2.56. The molecule has 2 aromatic rings. The number of rotatable bonds is 6. The van der Waals surface area contributed by atoms with Gasteiger partial charge in [-0.25, -0.2) is 0 Å². The lowest BCUT2D eigenvalue weighted by molar-refractivity contribution is -0.112. The third-order valence-corrected chi connectivity index (χ3v) is 5.38. The van der Waals surface area contributed by atoms with Crippen molar-refractivity contribution in [2.45, 2.75) is 11.3 Å². The maximum absolute atomic E-state index is 12.4. The number of carbonyl (C=O) groups is 2. The quantitative estimate of drug-likeness (QED) is 0.561. The number of anilines is 1. The van der Waals surface area contributed by atoms with Crippen LogP contribution in [0.2, 0.25) is 5.02 Å². The SMILES string of the molecule is COCCCNC(=O)c1ccc2c(c1)NC(=O)/C(=C/c1ccccc1Cl)S2. The molecular weight excluding hydrogens is 384 g/mol. The van der Waals surface area contributed by atoms with Crippen molar-refractivity contribution in [3.63, 3.8) is 0 Å². The molecule has 2 aromatic carbocycles. The number of benzene rings is 2. The molecule has 5 nitrogen and oxygen atoms in total. The molecule has 2 N–H and O–H groups in total. The van der Waals surface area contributed by atoms with Gasteiger partial charge in [-0.1, -0.05) is 41.6 Å². The van der Waals surface area contributed by atoms with Crippen molar-refractivity contribution in [1.29, 1.82) is 0 Å². The number of nitrogens with one attached hydrogen (secondary N) is 2. The lowest BCUT2D eigenvalue weighted by atomic mass is 10.1. The summed E-state index contributed by atoms with van der Waals surface area (Å²) in [4.78, 5) is 26.1. The third kappa shape index (κ3) is 4.91. The highest BCUT2D eigenvalue weighted by Gasteiger charge is 2.22. The number of hydrogen-bond acceptors (Lipinski definition) is 4. The van der Waals surface area contributed by atoms with Gasteiger partial charge in [0, 0.05) is 35.7 Å². The van der Waals surface area contributed by atoms with Gasteiger partial charge in [-0.3, -0.25) is 9.59 Å². The summed E-state index contributed by atoms with van der Waals surface area (Å²) in [7, 11) is 1.63. The van der Waals surface area contributed by atoms with E-state index in [1.807, 2.05) is 24.3 Å². The van der Waals surface area contributed by atoms with E-state index in [1.165, 1.54) is 11.8 Å². The molecule has 0 unspecified atom stereocenters. The summed E-state index contributed by atoms with van der Waals surface area (Å²) in [6.07, 6.45) is 2.51. The van der Waals surface area contributed by atoms with E-state index in [4.69, 9.17) is 16.3 Å². The molecule has 27 heavy (non-hydrogen) atoms. The Morgan fingerprint density at radius 2 is 2.11 bits per heavy atom. The Labute approximate surface area is 167 Å². The predicted octanol–water partition coefficient (Wildman–Crippen LogP) is 4.19. The van der Waals surface area contributed by atoms with Crippen molar-refractivity contribution in [3.05, 3.63) is 63.5 Å². The highest BCUT2D eigenvalue weighted by molar-refractivity contribution is 8.04. The van der Waals surface area contributed by atoms with Crippen molar-refractivity contribution in [1.82, 2.24) is 5.32 Å². The molecule has 1 heterocycles. The Balaban J connectivity index is 1.75. The van der Waals surface area contributed by atoms with E-state index in [0.717, 1.165) is 16.9 Å². The minimum atomic E-state index is -0.218. The summed E-state index contributed by atoms with van der Waals surface area (Å²) >= 11 is 7.53. The number of hydrogen-bond donors (Lipinski definition) is 2. The number of amides is 2. The molecule has 0 bridgehead atoms. The van der Waals surface area contributed by atoms with E-state index in [1.54, 1.807) is 31.4 Å². The van der Waals surface area contributed by atoms with Crippen molar-refractivity contribution >= 4 is 46.9 Å². The minimum absolute atomic E-state index is 0.175. The molecule has 0 saturated heterocycles. The summed E-state index contributed by atoms with van der Waals surface area (Å²) in [5.74, 6) is -0.393. The summed E-state index contributed by atoms with van der Waals surface area (Å²) in [5.41, 5.74) is 1.92. The average Bonchev–Trinajstić information content (AvgIpc) is 2.67. The molecule has 140 valence electrons. The van der Waals surface area contributed by atoms with E-state index < -0.39 is 0 Å². The second-order valence-corrected chi connectivity index (χ2v) is 7.39. The molecule has 7 heteroatoms. The van der Waals surface area contributed by atoms with E-state index in [2.05, 4.69) is 10.6 Å². The summed E-state index contributed by atoms with van der Waals surface area (Å²) < 4.78 is 4.96. The van der Waals surface area contributed by atoms with Gasteiger partial charge >= 0.3 is 0 Å². The first-order valence-electron chi connectivity index (χ1n) is 8.45. The molecule has 0 aliphatic carbocycles. The monoisotopic (exact) mass is 402 g/mol. The second kappa shape index (κ2) is 9.08. The van der Waals surface area contributed by atoms with Gasteiger partial charge in [-0.05, 0) is 42.3 Å². The maximum atomic E-state index is 12.4. The van der Waals surface area contributed by atoms with Gasteiger partial charge in [0.05, 0.1) is 10.6 Å². The summed E-state index contributed by atoms with van der Waals surface area (Å²) in [6.45, 7) is 1.13. The molecule has 1 aliphatic rings. The number of fused-ring (bicyclic) bond motifs is 1. The highest BCUT2D eigenvalue weighted by atomic mass is 35.5.